The summed E-state index contributed by atoms with van der Waals surface area (Å²) in [4.78, 5) is 11.6. The Bertz CT molecular complexity index is 203. The van der Waals surface area contributed by atoms with E-state index in [4.69, 9.17) is 4.74 Å². The fraction of sp³-hybridized carbons (Fsp3) is 0.917. The molecule has 1 heterocycles. The Labute approximate surface area is 98.1 Å². The van der Waals surface area contributed by atoms with E-state index < -0.39 is 0 Å². The Hall–Kier alpha value is -0.610. The molecule has 16 heavy (non-hydrogen) atoms. The van der Waals surface area contributed by atoms with Crippen molar-refractivity contribution >= 4 is 5.91 Å². The van der Waals surface area contributed by atoms with Crippen molar-refractivity contribution < 1.29 is 9.53 Å². The van der Waals surface area contributed by atoms with Gasteiger partial charge in [0.15, 0.2) is 0 Å². The van der Waals surface area contributed by atoms with Crippen molar-refractivity contribution in [2.24, 2.45) is 11.8 Å². The number of hydrogen-bond donors (Lipinski definition) is 2. The molecule has 94 valence electrons. The molecular formula is C12H24N2O2. The van der Waals surface area contributed by atoms with Crippen LogP contribution < -0.4 is 10.6 Å². The lowest BCUT2D eigenvalue weighted by Gasteiger charge is -2.22. The van der Waals surface area contributed by atoms with Crippen LogP contribution in [0.3, 0.4) is 0 Å². The lowest BCUT2D eigenvalue weighted by Crippen LogP contribution is -2.35. The predicted molar refractivity (Wildman–Crippen MR) is 64.3 cm³/mol. The summed E-state index contributed by atoms with van der Waals surface area (Å²) in [6.45, 7) is 5.25. The Kier molecular flexibility index (Phi) is 6.42. The van der Waals surface area contributed by atoms with Crippen LogP contribution in [0.4, 0.5) is 0 Å². The monoisotopic (exact) mass is 228 g/mol. The van der Waals surface area contributed by atoms with Crippen LogP contribution in [0, 0.1) is 11.8 Å². The highest BCUT2D eigenvalue weighted by Crippen LogP contribution is 2.17. The number of rotatable bonds is 6. The van der Waals surface area contributed by atoms with Crippen LogP contribution in [0.1, 0.15) is 26.2 Å². The van der Waals surface area contributed by atoms with Crippen molar-refractivity contribution in [3.8, 4) is 0 Å². The van der Waals surface area contributed by atoms with Gasteiger partial charge < -0.3 is 15.4 Å². The van der Waals surface area contributed by atoms with Crippen LogP contribution in [-0.4, -0.2) is 39.3 Å². The largest absolute Gasteiger partial charge is 0.381 e. The van der Waals surface area contributed by atoms with Gasteiger partial charge in [-0.2, -0.15) is 0 Å². The molecule has 1 saturated heterocycles. The van der Waals surface area contributed by atoms with Crippen molar-refractivity contribution in [3.63, 3.8) is 0 Å². The third kappa shape index (κ3) is 4.94. The highest BCUT2D eigenvalue weighted by atomic mass is 16.5. The molecule has 1 atom stereocenters. The van der Waals surface area contributed by atoms with E-state index in [1.54, 1.807) is 0 Å². The van der Waals surface area contributed by atoms with E-state index in [1.165, 1.54) is 0 Å². The first kappa shape index (κ1) is 13.5. The van der Waals surface area contributed by atoms with Crippen LogP contribution in [0.25, 0.3) is 0 Å². The molecule has 4 heteroatoms. The van der Waals surface area contributed by atoms with Crippen LogP contribution in [0.15, 0.2) is 0 Å². The van der Waals surface area contributed by atoms with Gasteiger partial charge in [0.05, 0.1) is 0 Å². The lowest BCUT2D eigenvalue weighted by molar-refractivity contribution is -0.124. The highest BCUT2D eigenvalue weighted by molar-refractivity contribution is 5.78. The smallest absolute Gasteiger partial charge is 0.224 e. The van der Waals surface area contributed by atoms with Crippen molar-refractivity contribution in [3.05, 3.63) is 0 Å². The van der Waals surface area contributed by atoms with Crippen molar-refractivity contribution in [1.29, 1.82) is 0 Å². The molecule has 4 nitrogen and oxygen atoms in total. The molecule has 1 amide bonds. The van der Waals surface area contributed by atoms with Gasteiger partial charge in [-0.05, 0) is 32.2 Å². The maximum Gasteiger partial charge on any atom is 0.224 e. The second-order valence-corrected chi connectivity index (χ2v) is 4.59. The molecule has 0 aromatic carbocycles. The normalized spacial score (nSPS) is 19.4. The van der Waals surface area contributed by atoms with E-state index in [0.717, 1.165) is 51.5 Å². The molecule has 1 fully saturated rings. The van der Waals surface area contributed by atoms with Gasteiger partial charge in [0.25, 0.3) is 0 Å². The maximum absolute atomic E-state index is 11.6. The summed E-state index contributed by atoms with van der Waals surface area (Å²) in [5, 5.41) is 6.01. The highest BCUT2D eigenvalue weighted by Gasteiger charge is 2.15. The summed E-state index contributed by atoms with van der Waals surface area (Å²) in [5.74, 6) is 0.940. The summed E-state index contributed by atoms with van der Waals surface area (Å²) >= 11 is 0. The first-order chi connectivity index (χ1) is 7.74. The summed E-state index contributed by atoms with van der Waals surface area (Å²) < 4.78 is 5.30. The van der Waals surface area contributed by atoms with Gasteiger partial charge in [0, 0.05) is 32.2 Å². The lowest BCUT2D eigenvalue weighted by atomic mass is 9.96. The van der Waals surface area contributed by atoms with Crippen LogP contribution in [0.2, 0.25) is 0 Å². The number of hydrogen-bond acceptors (Lipinski definition) is 3. The second-order valence-electron chi connectivity index (χ2n) is 4.59. The molecule has 2 N–H and O–H groups in total. The van der Waals surface area contributed by atoms with Crippen LogP contribution >= 0.6 is 0 Å². The zero-order chi connectivity index (χ0) is 11.8. The minimum atomic E-state index is 0.0553. The van der Waals surface area contributed by atoms with E-state index in [1.807, 2.05) is 14.0 Å². The third-order valence-electron chi connectivity index (χ3n) is 3.15. The molecule has 0 saturated carbocycles. The van der Waals surface area contributed by atoms with E-state index in [2.05, 4.69) is 10.6 Å². The van der Waals surface area contributed by atoms with E-state index in [0.29, 0.717) is 0 Å². The van der Waals surface area contributed by atoms with E-state index in [-0.39, 0.29) is 11.8 Å². The zero-order valence-corrected chi connectivity index (χ0v) is 10.4. The Morgan fingerprint density at radius 3 is 2.75 bits per heavy atom. The molecule has 0 aromatic rings. The molecule has 0 radical (unpaired) electrons. The topological polar surface area (TPSA) is 50.4 Å². The standard InChI is InChI=1S/C12H24N2O2/c1-10(9-13-2)12(15)14-6-3-11-4-7-16-8-5-11/h10-11,13H,3-9H2,1-2H3,(H,14,15). The zero-order valence-electron chi connectivity index (χ0n) is 10.4. The fourth-order valence-corrected chi connectivity index (χ4v) is 2.01. The maximum atomic E-state index is 11.6. The third-order valence-corrected chi connectivity index (χ3v) is 3.15. The number of ether oxygens (including phenoxy) is 1. The van der Waals surface area contributed by atoms with Gasteiger partial charge in [-0.25, -0.2) is 0 Å². The molecule has 1 rings (SSSR count). The van der Waals surface area contributed by atoms with Crippen molar-refractivity contribution in [2.75, 3.05) is 33.4 Å². The quantitative estimate of drug-likeness (QED) is 0.706. The predicted octanol–water partition coefficient (Wildman–Crippen LogP) is 0.775. The summed E-state index contributed by atoms with van der Waals surface area (Å²) in [6, 6.07) is 0. The van der Waals surface area contributed by atoms with Crippen molar-refractivity contribution in [2.45, 2.75) is 26.2 Å². The Morgan fingerprint density at radius 1 is 1.44 bits per heavy atom. The molecule has 0 aliphatic carbocycles. The van der Waals surface area contributed by atoms with Crippen LogP contribution in [-0.2, 0) is 9.53 Å². The van der Waals surface area contributed by atoms with Gasteiger partial charge in [0.2, 0.25) is 5.91 Å². The molecule has 0 spiro atoms. The summed E-state index contributed by atoms with van der Waals surface area (Å²) in [5.41, 5.74) is 0. The van der Waals surface area contributed by atoms with Crippen molar-refractivity contribution in [1.82, 2.24) is 10.6 Å². The number of nitrogens with one attached hydrogen (secondary N) is 2. The van der Waals surface area contributed by atoms with E-state index in [9.17, 15) is 4.79 Å². The molecule has 0 bridgehead atoms. The fourth-order valence-electron chi connectivity index (χ4n) is 2.01. The summed E-state index contributed by atoms with van der Waals surface area (Å²) in [6.07, 6.45) is 3.37. The van der Waals surface area contributed by atoms with Gasteiger partial charge in [-0.1, -0.05) is 6.92 Å². The van der Waals surface area contributed by atoms with Gasteiger partial charge in [-0.15, -0.1) is 0 Å². The number of carbonyl (C=O) groups excluding carboxylic acids is 1. The second kappa shape index (κ2) is 7.63. The summed E-state index contributed by atoms with van der Waals surface area (Å²) in [7, 11) is 1.87. The number of amides is 1. The average molecular weight is 228 g/mol. The first-order valence-electron chi connectivity index (χ1n) is 6.24. The van der Waals surface area contributed by atoms with Gasteiger partial charge in [-0.3, -0.25) is 4.79 Å². The molecule has 1 unspecified atom stereocenters. The minimum absolute atomic E-state index is 0.0553. The average Bonchev–Trinajstić information content (AvgIpc) is 2.30. The Balaban J connectivity index is 2.07. The molecular weight excluding hydrogens is 204 g/mol. The van der Waals surface area contributed by atoms with Gasteiger partial charge in [0.1, 0.15) is 0 Å². The SMILES string of the molecule is CNCC(C)C(=O)NCCC1CCOCC1. The number of carbonyl (C=O) groups is 1. The Morgan fingerprint density at radius 2 is 2.12 bits per heavy atom. The van der Waals surface area contributed by atoms with E-state index >= 15 is 0 Å². The van der Waals surface area contributed by atoms with Gasteiger partial charge >= 0.3 is 0 Å². The first-order valence-corrected chi connectivity index (χ1v) is 6.24. The van der Waals surface area contributed by atoms with Crippen LogP contribution in [0.5, 0.6) is 0 Å². The molecule has 1 aliphatic heterocycles. The molecule has 0 aromatic heterocycles. The molecule has 1 aliphatic rings. The minimum Gasteiger partial charge on any atom is -0.381 e.